The maximum absolute atomic E-state index is 13.0. The number of carbonyl (C=O) groups excluding carboxylic acids is 2. The summed E-state index contributed by atoms with van der Waals surface area (Å²) >= 11 is 0. The van der Waals surface area contributed by atoms with Gasteiger partial charge in [0.05, 0.1) is 6.54 Å². The highest BCUT2D eigenvalue weighted by atomic mass is 16.6. The predicted molar refractivity (Wildman–Crippen MR) is 133 cm³/mol. The minimum absolute atomic E-state index is 0.0817. The minimum atomic E-state index is -0.369. The van der Waals surface area contributed by atoms with Gasteiger partial charge in [0.15, 0.2) is 0 Å². The standard InChI is InChI=1S/C29H35N3O3/c33-26(32-18-23-10-4-5-11-24(23)19-32)17-31-28-14-22-13-25(16-28)29(15-22,20-28)35-27(34)30-12-6-9-21-7-2-1-3-8-21/h1-5,7-8,10-11,22,25,31H,6,9,12-20H2,(H,30,34). The van der Waals surface area contributed by atoms with Crippen molar-refractivity contribution in [3.05, 3.63) is 71.3 Å². The zero-order chi connectivity index (χ0) is 23.9. The van der Waals surface area contributed by atoms with Crippen molar-refractivity contribution < 1.29 is 14.3 Å². The number of alkyl carbamates (subject to hydrolysis) is 1. The lowest BCUT2D eigenvalue weighted by atomic mass is 9.75. The Bertz CT molecular complexity index is 1080. The Hall–Kier alpha value is -2.86. The van der Waals surface area contributed by atoms with E-state index in [1.807, 2.05) is 35.2 Å². The van der Waals surface area contributed by atoms with Gasteiger partial charge in [-0.15, -0.1) is 0 Å². The van der Waals surface area contributed by atoms with Gasteiger partial charge >= 0.3 is 6.09 Å². The number of nitrogens with one attached hydrogen (secondary N) is 2. The van der Waals surface area contributed by atoms with Gasteiger partial charge in [-0.2, -0.15) is 0 Å². The normalized spacial score (nSPS) is 29.9. The average molecular weight is 474 g/mol. The van der Waals surface area contributed by atoms with Crippen molar-refractivity contribution in [2.45, 2.75) is 69.2 Å². The summed E-state index contributed by atoms with van der Waals surface area (Å²) in [4.78, 5) is 27.6. The fourth-order valence-corrected chi connectivity index (χ4v) is 7.42. The highest BCUT2D eigenvalue weighted by molar-refractivity contribution is 5.79. The molecule has 184 valence electrons. The van der Waals surface area contributed by atoms with Gasteiger partial charge in [-0.25, -0.2) is 4.79 Å². The molecule has 2 amide bonds. The fourth-order valence-electron chi connectivity index (χ4n) is 7.42. The summed E-state index contributed by atoms with van der Waals surface area (Å²) in [7, 11) is 0. The molecule has 4 atom stereocenters. The van der Waals surface area contributed by atoms with Crippen molar-refractivity contribution in [1.29, 1.82) is 0 Å². The quantitative estimate of drug-likeness (QED) is 0.565. The SMILES string of the molecule is O=C(NCCCc1ccccc1)OC12CC3CC1CC(NCC(=O)N1Cc4ccccc4C1)(C3)C2. The third-order valence-corrected chi connectivity index (χ3v) is 8.81. The Balaban J connectivity index is 1.00. The first-order chi connectivity index (χ1) is 17.0. The summed E-state index contributed by atoms with van der Waals surface area (Å²) in [6.07, 6.45) is 6.57. The lowest BCUT2D eigenvalue weighted by Gasteiger charge is -2.41. The molecular weight excluding hydrogens is 438 g/mol. The van der Waals surface area contributed by atoms with Crippen LogP contribution in [0.15, 0.2) is 54.6 Å². The molecule has 2 N–H and O–H groups in total. The molecule has 1 heterocycles. The van der Waals surface area contributed by atoms with Crippen molar-refractivity contribution in [3.63, 3.8) is 0 Å². The second kappa shape index (κ2) is 8.98. The van der Waals surface area contributed by atoms with E-state index in [1.165, 1.54) is 16.7 Å². The molecule has 5 aliphatic rings. The summed E-state index contributed by atoms with van der Waals surface area (Å²) in [6.45, 7) is 2.38. The van der Waals surface area contributed by atoms with Gasteiger partial charge in [-0.1, -0.05) is 54.6 Å². The van der Waals surface area contributed by atoms with Crippen molar-refractivity contribution in [1.82, 2.24) is 15.5 Å². The van der Waals surface area contributed by atoms with E-state index in [-0.39, 0.29) is 23.1 Å². The van der Waals surface area contributed by atoms with Gasteiger partial charge < -0.3 is 20.3 Å². The molecule has 35 heavy (non-hydrogen) atoms. The lowest BCUT2D eigenvalue weighted by molar-refractivity contribution is -0.131. The topological polar surface area (TPSA) is 70.7 Å². The molecule has 4 unspecified atom stereocenters. The summed E-state index contributed by atoms with van der Waals surface area (Å²) in [5, 5.41) is 6.64. The predicted octanol–water partition coefficient (Wildman–Crippen LogP) is 4.18. The number of benzene rings is 2. The van der Waals surface area contributed by atoms with E-state index in [2.05, 4.69) is 34.9 Å². The van der Waals surface area contributed by atoms with Gasteiger partial charge in [0, 0.05) is 37.5 Å². The van der Waals surface area contributed by atoms with E-state index in [1.54, 1.807) is 0 Å². The Labute approximate surface area is 207 Å². The highest BCUT2D eigenvalue weighted by Gasteiger charge is 2.66. The molecule has 0 radical (unpaired) electrons. The second-order valence-electron chi connectivity index (χ2n) is 11.2. The summed E-state index contributed by atoms with van der Waals surface area (Å²) < 4.78 is 6.16. The molecule has 4 aliphatic carbocycles. The van der Waals surface area contributed by atoms with Crippen LogP contribution in [0.25, 0.3) is 0 Å². The third-order valence-electron chi connectivity index (χ3n) is 8.81. The molecule has 4 saturated carbocycles. The van der Waals surface area contributed by atoms with E-state index in [4.69, 9.17) is 4.74 Å². The van der Waals surface area contributed by atoms with Crippen LogP contribution in [0.2, 0.25) is 0 Å². The Morgan fingerprint density at radius 2 is 1.71 bits per heavy atom. The lowest BCUT2D eigenvalue weighted by Crippen LogP contribution is -2.53. The number of fused-ring (bicyclic) bond motifs is 1. The van der Waals surface area contributed by atoms with Crippen LogP contribution in [0.4, 0.5) is 4.79 Å². The first-order valence-corrected chi connectivity index (χ1v) is 13.1. The Kier molecular flexibility index (Phi) is 5.79. The zero-order valence-electron chi connectivity index (χ0n) is 20.3. The van der Waals surface area contributed by atoms with Crippen LogP contribution >= 0.6 is 0 Å². The molecule has 6 heteroatoms. The number of hydrogen-bond acceptors (Lipinski definition) is 4. The second-order valence-corrected chi connectivity index (χ2v) is 11.2. The van der Waals surface area contributed by atoms with Crippen LogP contribution in [-0.4, -0.2) is 41.1 Å². The monoisotopic (exact) mass is 473 g/mol. The number of rotatable bonds is 8. The largest absolute Gasteiger partial charge is 0.443 e. The number of aryl methyl sites for hydroxylation is 1. The van der Waals surface area contributed by atoms with Crippen LogP contribution in [0.3, 0.4) is 0 Å². The first kappa shape index (κ1) is 22.6. The maximum atomic E-state index is 13.0. The average Bonchev–Trinajstić information content (AvgIpc) is 3.46. The number of amides is 2. The van der Waals surface area contributed by atoms with Crippen molar-refractivity contribution in [2.24, 2.45) is 11.8 Å². The van der Waals surface area contributed by atoms with Crippen molar-refractivity contribution in [2.75, 3.05) is 13.1 Å². The molecule has 0 aromatic heterocycles. The fraction of sp³-hybridized carbons (Fsp3) is 0.517. The molecule has 2 aromatic carbocycles. The van der Waals surface area contributed by atoms with E-state index < -0.39 is 0 Å². The van der Waals surface area contributed by atoms with E-state index in [0.29, 0.717) is 38.0 Å². The molecule has 4 fully saturated rings. The van der Waals surface area contributed by atoms with Gasteiger partial charge in [0.2, 0.25) is 5.91 Å². The van der Waals surface area contributed by atoms with Crippen molar-refractivity contribution >= 4 is 12.0 Å². The summed E-state index contributed by atoms with van der Waals surface area (Å²) in [6, 6.07) is 18.6. The Morgan fingerprint density at radius 1 is 0.971 bits per heavy atom. The van der Waals surface area contributed by atoms with E-state index in [0.717, 1.165) is 44.9 Å². The zero-order valence-corrected chi connectivity index (χ0v) is 20.3. The molecular formula is C29H35N3O3. The van der Waals surface area contributed by atoms with Crippen LogP contribution in [-0.2, 0) is 29.0 Å². The van der Waals surface area contributed by atoms with Gasteiger partial charge in [-0.3, -0.25) is 4.79 Å². The van der Waals surface area contributed by atoms with Crippen LogP contribution in [0.1, 0.15) is 55.2 Å². The molecule has 2 aromatic rings. The number of ether oxygens (including phenoxy) is 1. The number of nitrogens with zero attached hydrogens (tertiary/aromatic N) is 1. The van der Waals surface area contributed by atoms with E-state index in [9.17, 15) is 9.59 Å². The van der Waals surface area contributed by atoms with Crippen LogP contribution < -0.4 is 10.6 Å². The number of hydrogen-bond donors (Lipinski definition) is 2. The maximum Gasteiger partial charge on any atom is 0.407 e. The molecule has 0 saturated heterocycles. The summed E-state index contributed by atoms with van der Waals surface area (Å²) in [5.41, 5.74) is 3.34. The van der Waals surface area contributed by atoms with Crippen LogP contribution in [0, 0.1) is 11.8 Å². The van der Waals surface area contributed by atoms with Crippen LogP contribution in [0.5, 0.6) is 0 Å². The Morgan fingerprint density at radius 3 is 2.49 bits per heavy atom. The van der Waals surface area contributed by atoms with Gasteiger partial charge in [0.1, 0.15) is 5.60 Å². The van der Waals surface area contributed by atoms with E-state index >= 15 is 0 Å². The number of carbonyl (C=O) groups is 2. The molecule has 6 nitrogen and oxygen atoms in total. The molecule has 7 rings (SSSR count). The highest BCUT2D eigenvalue weighted by Crippen LogP contribution is 2.63. The molecule has 0 spiro atoms. The van der Waals surface area contributed by atoms with Gasteiger partial charge in [-0.05, 0) is 61.1 Å². The van der Waals surface area contributed by atoms with Crippen molar-refractivity contribution in [3.8, 4) is 0 Å². The van der Waals surface area contributed by atoms with Gasteiger partial charge in [0.25, 0.3) is 0 Å². The summed E-state index contributed by atoms with van der Waals surface area (Å²) in [5.74, 6) is 1.13. The molecule has 4 bridgehead atoms. The third kappa shape index (κ3) is 4.44. The minimum Gasteiger partial charge on any atom is -0.443 e. The molecule has 1 aliphatic heterocycles. The smallest absolute Gasteiger partial charge is 0.407 e. The first-order valence-electron chi connectivity index (χ1n) is 13.1.